The van der Waals surface area contributed by atoms with E-state index in [0.29, 0.717) is 18.2 Å². The molecule has 1 amide bonds. The van der Waals surface area contributed by atoms with E-state index >= 15 is 0 Å². The van der Waals surface area contributed by atoms with Crippen molar-refractivity contribution in [1.29, 1.82) is 0 Å². The Morgan fingerprint density at radius 2 is 2.18 bits per heavy atom. The van der Waals surface area contributed by atoms with Crippen molar-refractivity contribution in [2.24, 2.45) is 5.92 Å². The maximum atomic E-state index is 12.5. The average Bonchev–Trinajstić information content (AvgIpc) is 3.18. The molecule has 0 saturated carbocycles. The van der Waals surface area contributed by atoms with E-state index in [4.69, 9.17) is 0 Å². The minimum absolute atomic E-state index is 0. The zero-order valence-electron chi connectivity index (χ0n) is 12.8. The van der Waals surface area contributed by atoms with E-state index in [0.717, 1.165) is 44.5 Å². The van der Waals surface area contributed by atoms with E-state index < -0.39 is 0 Å². The van der Waals surface area contributed by atoms with E-state index in [2.05, 4.69) is 20.4 Å². The van der Waals surface area contributed by atoms with Crippen LogP contribution >= 0.6 is 24.8 Å². The van der Waals surface area contributed by atoms with Crippen molar-refractivity contribution >= 4 is 30.7 Å². The van der Waals surface area contributed by atoms with Crippen molar-refractivity contribution < 1.29 is 4.79 Å². The van der Waals surface area contributed by atoms with Crippen LogP contribution in [0.4, 0.5) is 0 Å². The van der Waals surface area contributed by atoms with Crippen molar-refractivity contribution in [3.63, 3.8) is 0 Å². The predicted octanol–water partition coefficient (Wildman–Crippen LogP) is 2.70. The summed E-state index contributed by atoms with van der Waals surface area (Å²) in [6.07, 6.45) is 10.1. The molecule has 0 bridgehead atoms. The Hall–Kier alpha value is -0.780. The molecule has 2 saturated heterocycles. The van der Waals surface area contributed by atoms with Gasteiger partial charge in [-0.05, 0) is 51.1 Å². The lowest BCUT2D eigenvalue weighted by Gasteiger charge is -2.35. The first kappa shape index (κ1) is 19.3. The van der Waals surface area contributed by atoms with Gasteiger partial charge in [0.25, 0.3) is 0 Å². The summed E-state index contributed by atoms with van der Waals surface area (Å²) >= 11 is 0. The van der Waals surface area contributed by atoms with Crippen LogP contribution in [0.15, 0.2) is 12.4 Å². The molecule has 1 aromatic rings. The molecular formula is C15H26Cl2N4O. The number of hydrogen-bond acceptors (Lipinski definition) is 3. The van der Waals surface area contributed by atoms with Gasteiger partial charge in [-0.3, -0.25) is 9.89 Å². The number of nitrogens with one attached hydrogen (secondary N) is 2. The third-order valence-corrected chi connectivity index (χ3v) is 4.66. The topological polar surface area (TPSA) is 61.0 Å². The van der Waals surface area contributed by atoms with Crippen molar-refractivity contribution in [2.45, 2.75) is 44.6 Å². The monoisotopic (exact) mass is 348 g/mol. The van der Waals surface area contributed by atoms with E-state index in [1.807, 2.05) is 12.4 Å². The average molecular weight is 349 g/mol. The molecule has 2 atom stereocenters. The Balaban J connectivity index is 0.00000121. The maximum Gasteiger partial charge on any atom is 0.223 e. The zero-order chi connectivity index (χ0) is 13.8. The number of rotatable bonds is 4. The lowest BCUT2D eigenvalue weighted by molar-refractivity contribution is -0.135. The van der Waals surface area contributed by atoms with Crippen LogP contribution in [0.2, 0.25) is 0 Å². The Morgan fingerprint density at radius 1 is 1.32 bits per heavy atom. The molecule has 22 heavy (non-hydrogen) atoms. The number of piperidine rings is 1. The lowest BCUT2D eigenvalue weighted by atomic mass is 9.96. The molecular weight excluding hydrogens is 323 g/mol. The second-order valence-corrected chi connectivity index (χ2v) is 6.03. The summed E-state index contributed by atoms with van der Waals surface area (Å²) < 4.78 is 0. The molecule has 2 N–H and O–H groups in total. The molecule has 0 spiro atoms. The summed E-state index contributed by atoms with van der Waals surface area (Å²) in [5.41, 5.74) is 1.15. The van der Waals surface area contributed by atoms with Gasteiger partial charge in [0.1, 0.15) is 0 Å². The number of likely N-dealkylation sites (tertiary alicyclic amines) is 1. The van der Waals surface area contributed by atoms with Crippen LogP contribution in [0.1, 0.15) is 50.1 Å². The van der Waals surface area contributed by atoms with Gasteiger partial charge in [-0.2, -0.15) is 5.10 Å². The molecule has 0 radical (unpaired) electrons. The second-order valence-electron chi connectivity index (χ2n) is 6.03. The van der Waals surface area contributed by atoms with Crippen LogP contribution in [-0.2, 0) is 4.79 Å². The Bertz CT molecular complexity index is 435. The summed E-state index contributed by atoms with van der Waals surface area (Å²) in [4.78, 5) is 14.6. The number of nitrogens with zero attached hydrogens (tertiary/aromatic N) is 2. The Morgan fingerprint density at radius 3 is 2.86 bits per heavy atom. The fraction of sp³-hybridized carbons (Fsp3) is 0.733. The minimum Gasteiger partial charge on any atom is -0.336 e. The number of amides is 1. The van der Waals surface area contributed by atoms with Crippen LogP contribution in [0.25, 0.3) is 0 Å². The van der Waals surface area contributed by atoms with E-state index in [1.165, 1.54) is 12.8 Å². The maximum absolute atomic E-state index is 12.5. The fourth-order valence-electron chi connectivity index (χ4n) is 3.45. The third-order valence-electron chi connectivity index (χ3n) is 4.66. The summed E-state index contributed by atoms with van der Waals surface area (Å²) in [5, 5.41) is 10.3. The lowest BCUT2D eigenvalue weighted by Crippen LogP contribution is -2.38. The molecule has 2 aliphatic rings. The third kappa shape index (κ3) is 4.61. The molecule has 2 fully saturated rings. The number of carbonyl (C=O) groups is 1. The number of carbonyl (C=O) groups excluding carboxylic acids is 1. The molecule has 1 aromatic heterocycles. The highest BCUT2D eigenvalue weighted by atomic mass is 35.5. The number of aromatic amines is 1. The van der Waals surface area contributed by atoms with Crippen LogP contribution in [0.5, 0.6) is 0 Å². The molecule has 126 valence electrons. The molecule has 0 aliphatic carbocycles. The van der Waals surface area contributed by atoms with Gasteiger partial charge in [0.05, 0.1) is 12.2 Å². The molecule has 2 aliphatic heterocycles. The number of hydrogen-bond donors (Lipinski definition) is 2. The largest absolute Gasteiger partial charge is 0.336 e. The quantitative estimate of drug-likeness (QED) is 0.879. The summed E-state index contributed by atoms with van der Waals surface area (Å²) in [5.74, 6) is 1.01. The van der Waals surface area contributed by atoms with Crippen molar-refractivity contribution in [3.8, 4) is 0 Å². The molecule has 5 nitrogen and oxygen atoms in total. The van der Waals surface area contributed by atoms with Crippen molar-refractivity contribution in [1.82, 2.24) is 20.4 Å². The van der Waals surface area contributed by atoms with E-state index in [9.17, 15) is 4.79 Å². The van der Waals surface area contributed by atoms with Crippen molar-refractivity contribution in [2.75, 3.05) is 19.6 Å². The highest BCUT2D eigenvalue weighted by Crippen LogP contribution is 2.31. The fourth-order valence-corrected chi connectivity index (χ4v) is 3.45. The highest BCUT2D eigenvalue weighted by Gasteiger charge is 2.28. The molecule has 7 heteroatoms. The Kier molecular flexibility index (Phi) is 8.21. The number of H-pyrrole nitrogens is 1. The minimum atomic E-state index is 0. The van der Waals surface area contributed by atoms with E-state index in [-0.39, 0.29) is 30.9 Å². The number of halogens is 2. The first-order valence-electron chi connectivity index (χ1n) is 7.83. The normalized spacial score (nSPS) is 24.5. The predicted molar refractivity (Wildman–Crippen MR) is 91.6 cm³/mol. The molecule has 0 aromatic carbocycles. The Labute approximate surface area is 144 Å². The van der Waals surface area contributed by atoms with Gasteiger partial charge in [-0.15, -0.1) is 24.8 Å². The standard InChI is InChI=1S/C15H24N4O.2ClH/c20-15(5-4-12-6-7-16-9-12)19-8-2-1-3-14(19)13-10-17-18-11-13;;/h10-12,14,16H,1-9H2,(H,17,18);2*1H. The van der Waals surface area contributed by atoms with Crippen LogP contribution in [0, 0.1) is 5.92 Å². The first-order valence-corrected chi connectivity index (χ1v) is 7.83. The molecule has 3 rings (SSSR count). The van der Waals surface area contributed by atoms with E-state index in [1.54, 1.807) is 0 Å². The summed E-state index contributed by atoms with van der Waals surface area (Å²) in [7, 11) is 0. The zero-order valence-corrected chi connectivity index (χ0v) is 14.4. The summed E-state index contributed by atoms with van der Waals surface area (Å²) in [6.45, 7) is 3.09. The first-order chi connectivity index (χ1) is 9.84. The molecule has 3 heterocycles. The molecule has 2 unspecified atom stereocenters. The van der Waals surface area contributed by atoms with Gasteiger partial charge in [0.2, 0.25) is 5.91 Å². The smallest absolute Gasteiger partial charge is 0.223 e. The van der Waals surface area contributed by atoms with Crippen LogP contribution in [-0.4, -0.2) is 40.6 Å². The van der Waals surface area contributed by atoms with Gasteiger partial charge in [-0.25, -0.2) is 0 Å². The van der Waals surface area contributed by atoms with Gasteiger partial charge < -0.3 is 10.2 Å². The van der Waals surface area contributed by atoms with Gasteiger partial charge >= 0.3 is 0 Å². The number of aromatic nitrogens is 2. The highest BCUT2D eigenvalue weighted by molar-refractivity contribution is 5.85. The van der Waals surface area contributed by atoms with Gasteiger partial charge in [0, 0.05) is 24.7 Å². The summed E-state index contributed by atoms with van der Waals surface area (Å²) in [6, 6.07) is 0.233. The van der Waals surface area contributed by atoms with Crippen LogP contribution < -0.4 is 5.32 Å². The van der Waals surface area contributed by atoms with Crippen LogP contribution in [0.3, 0.4) is 0 Å². The van der Waals surface area contributed by atoms with Crippen molar-refractivity contribution in [3.05, 3.63) is 18.0 Å². The SMILES string of the molecule is Cl.Cl.O=C(CCC1CCNC1)N1CCCCC1c1cn[nH]c1. The van der Waals surface area contributed by atoms with Gasteiger partial charge in [0.15, 0.2) is 0 Å². The van der Waals surface area contributed by atoms with Gasteiger partial charge in [-0.1, -0.05) is 0 Å². The second kappa shape index (κ2) is 9.38.